The summed E-state index contributed by atoms with van der Waals surface area (Å²) in [5.41, 5.74) is 1.45. The van der Waals surface area contributed by atoms with Crippen molar-refractivity contribution in [2.24, 2.45) is 0 Å². The van der Waals surface area contributed by atoms with Crippen LogP contribution in [-0.4, -0.2) is 10.9 Å². The first kappa shape index (κ1) is 21.5. The van der Waals surface area contributed by atoms with E-state index in [-0.39, 0.29) is 17.4 Å². The number of furan rings is 1. The summed E-state index contributed by atoms with van der Waals surface area (Å²) in [4.78, 5) is 17.7. The van der Waals surface area contributed by atoms with Gasteiger partial charge in [0.2, 0.25) is 0 Å². The number of nitrogens with zero attached hydrogens (tertiary/aromatic N) is 1. The molecule has 9 heteroatoms. The molecular weight excluding hydrogens is 473 g/mol. The number of amides is 1. The molecule has 0 saturated carbocycles. The van der Waals surface area contributed by atoms with Crippen LogP contribution in [0.15, 0.2) is 71.3 Å². The van der Waals surface area contributed by atoms with Gasteiger partial charge in [-0.05, 0) is 42.0 Å². The van der Waals surface area contributed by atoms with Crippen LogP contribution < -0.4 is 5.32 Å². The minimum absolute atomic E-state index is 0.237. The molecule has 1 amide bonds. The molecule has 2 heterocycles. The van der Waals surface area contributed by atoms with E-state index in [0.717, 1.165) is 22.4 Å². The second-order valence-electron chi connectivity index (χ2n) is 7.38. The Labute approximate surface area is 194 Å². The minimum atomic E-state index is -4.53. The number of hydrogen-bond donors (Lipinski definition) is 1. The van der Waals surface area contributed by atoms with Crippen LogP contribution in [0.4, 0.5) is 18.3 Å². The predicted octanol–water partition coefficient (Wildman–Crippen LogP) is 7.56. The van der Waals surface area contributed by atoms with Crippen molar-refractivity contribution in [3.05, 3.63) is 93.5 Å². The lowest BCUT2D eigenvalue weighted by Gasteiger charge is -2.10. The molecule has 0 spiro atoms. The van der Waals surface area contributed by atoms with Crippen LogP contribution in [0.2, 0.25) is 5.02 Å². The maximum absolute atomic E-state index is 13.1. The Morgan fingerprint density at radius 2 is 1.82 bits per heavy atom. The molecule has 2 aromatic heterocycles. The number of halogens is 4. The van der Waals surface area contributed by atoms with Crippen LogP contribution in [0, 0.1) is 0 Å². The van der Waals surface area contributed by atoms with Gasteiger partial charge in [-0.15, -0.1) is 11.3 Å². The summed E-state index contributed by atoms with van der Waals surface area (Å²) in [5, 5.41) is 4.52. The van der Waals surface area contributed by atoms with Gasteiger partial charge in [0.05, 0.1) is 10.6 Å². The van der Waals surface area contributed by atoms with Gasteiger partial charge >= 0.3 is 6.18 Å². The first-order valence-corrected chi connectivity index (χ1v) is 11.0. The zero-order valence-corrected chi connectivity index (χ0v) is 18.3. The van der Waals surface area contributed by atoms with Gasteiger partial charge < -0.3 is 4.42 Å². The topological polar surface area (TPSA) is 55.1 Å². The van der Waals surface area contributed by atoms with Crippen molar-refractivity contribution in [1.82, 2.24) is 4.98 Å². The molecule has 5 rings (SSSR count). The third kappa shape index (κ3) is 4.31. The number of carbonyl (C=O) groups is 1. The lowest BCUT2D eigenvalue weighted by Crippen LogP contribution is -2.11. The van der Waals surface area contributed by atoms with E-state index >= 15 is 0 Å². The number of rotatable bonds is 4. The van der Waals surface area contributed by atoms with Crippen molar-refractivity contribution in [3.63, 3.8) is 0 Å². The smallest absolute Gasteiger partial charge is 0.417 e. The lowest BCUT2D eigenvalue weighted by molar-refractivity contribution is -0.137. The minimum Gasteiger partial charge on any atom is -0.456 e. The Kier molecular flexibility index (Phi) is 5.34. The fourth-order valence-electron chi connectivity index (χ4n) is 3.58. The summed E-state index contributed by atoms with van der Waals surface area (Å²) >= 11 is 6.88. The fraction of sp³-hybridized carbons (Fsp3) is 0.0833. The van der Waals surface area contributed by atoms with E-state index in [4.69, 9.17) is 16.0 Å². The molecule has 0 saturated heterocycles. The van der Waals surface area contributed by atoms with Crippen molar-refractivity contribution in [1.29, 1.82) is 0 Å². The van der Waals surface area contributed by atoms with E-state index in [0.29, 0.717) is 26.7 Å². The van der Waals surface area contributed by atoms with Crippen molar-refractivity contribution in [2.45, 2.75) is 12.6 Å². The standard InChI is InChI=1S/C24H14ClF3N2O2S/c25-19-7-5-13(10-18(19)24(26,27)28)9-15-12-29-23(33-15)30-22(31)14-6-8-21-17(11-14)16-3-1-2-4-20(16)32-21/h1-8,10-12H,9H2,(H,29,30,31). The maximum atomic E-state index is 13.1. The summed E-state index contributed by atoms with van der Waals surface area (Å²) in [6.45, 7) is 0. The third-order valence-electron chi connectivity index (χ3n) is 5.13. The van der Waals surface area contributed by atoms with E-state index in [2.05, 4.69) is 10.3 Å². The van der Waals surface area contributed by atoms with E-state index in [1.54, 1.807) is 24.3 Å². The van der Waals surface area contributed by atoms with Crippen LogP contribution in [0.1, 0.15) is 26.4 Å². The lowest BCUT2D eigenvalue weighted by atomic mass is 10.1. The highest BCUT2D eigenvalue weighted by molar-refractivity contribution is 7.15. The van der Waals surface area contributed by atoms with Gasteiger partial charge in [-0.3, -0.25) is 10.1 Å². The van der Waals surface area contributed by atoms with Gasteiger partial charge in [-0.25, -0.2) is 4.98 Å². The van der Waals surface area contributed by atoms with Crippen molar-refractivity contribution >= 4 is 55.9 Å². The molecule has 166 valence electrons. The Bertz CT molecular complexity index is 1510. The highest BCUT2D eigenvalue weighted by atomic mass is 35.5. The Hall–Kier alpha value is -3.36. The molecular formula is C24H14ClF3N2O2S. The summed E-state index contributed by atoms with van der Waals surface area (Å²) in [6.07, 6.45) is -2.75. The first-order chi connectivity index (χ1) is 15.8. The predicted molar refractivity (Wildman–Crippen MR) is 123 cm³/mol. The largest absolute Gasteiger partial charge is 0.456 e. The molecule has 0 fully saturated rings. The molecule has 0 radical (unpaired) electrons. The van der Waals surface area contributed by atoms with Gasteiger partial charge in [0.1, 0.15) is 11.2 Å². The summed E-state index contributed by atoms with van der Waals surface area (Å²) in [7, 11) is 0. The van der Waals surface area contributed by atoms with E-state index in [1.807, 2.05) is 24.3 Å². The Morgan fingerprint density at radius 3 is 2.64 bits per heavy atom. The third-order valence-corrected chi connectivity index (χ3v) is 6.37. The molecule has 1 N–H and O–H groups in total. The van der Waals surface area contributed by atoms with Crippen LogP contribution in [0.5, 0.6) is 0 Å². The van der Waals surface area contributed by atoms with E-state index < -0.39 is 11.7 Å². The molecule has 0 unspecified atom stereocenters. The molecule has 0 atom stereocenters. The molecule has 0 aliphatic carbocycles. The molecule has 0 bridgehead atoms. The van der Waals surface area contributed by atoms with E-state index in [9.17, 15) is 18.0 Å². The molecule has 33 heavy (non-hydrogen) atoms. The average molecular weight is 487 g/mol. The molecule has 4 nitrogen and oxygen atoms in total. The number of fused-ring (bicyclic) bond motifs is 3. The number of aromatic nitrogens is 1. The van der Waals surface area contributed by atoms with Crippen LogP contribution >= 0.6 is 22.9 Å². The summed E-state index contributed by atoms with van der Waals surface area (Å²) in [5.74, 6) is -0.339. The second-order valence-corrected chi connectivity index (χ2v) is 8.91. The number of carbonyl (C=O) groups excluding carboxylic acids is 1. The monoisotopic (exact) mass is 486 g/mol. The molecule has 5 aromatic rings. The number of para-hydroxylation sites is 1. The van der Waals surface area contributed by atoms with Gasteiger partial charge in [0.15, 0.2) is 5.13 Å². The maximum Gasteiger partial charge on any atom is 0.417 e. The zero-order valence-electron chi connectivity index (χ0n) is 16.7. The van der Waals surface area contributed by atoms with Gasteiger partial charge in [0.25, 0.3) is 5.91 Å². The Morgan fingerprint density at radius 1 is 1.03 bits per heavy atom. The van der Waals surface area contributed by atoms with Crippen LogP contribution in [0.3, 0.4) is 0 Å². The van der Waals surface area contributed by atoms with Gasteiger partial charge in [-0.1, -0.05) is 35.9 Å². The van der Waals surface area contributed by atoms with E-state index in [1.165, 1.54) is 23.6 Å². The molecule has 3 aromatic carbocycles. The molecule has 0 aliphatic heterocycles. The average Bonchev–Trinajstić information content (AvgIpc) is 3.37. The number of benzene rings is 3. The zero-order chi connectivity index (χ0) is 23.2. The van der Waals surface area contributed by atoms with Crippen LogP contribution in [0.25, 0.3) is 21.9 Å². The summed E-state index contributed by atoms with van der Waals surface area (Å²) < 4.78 is 45.1. The number of hydrogen-bond acceptors (Lipinski definition) is 4. The second kappa shape index (κ2) is 8.20. The first-order valence-electron chi connectivity index (χ1n) is 9.81. The highest BCUT2D eigenvalue weighted by Crippen LogP contribution is 2.36. The van der Waals surface area contributed by atoms with Crippen molar-refractivity contribution < 1.29 is 22.4 Å². The number of nitrogens with one attached hydrogen (secondary N) is 1. The SMILES string of the molecule is O=C(Nc1ncc(Cc2ccc(Cl)c(C(F)(F)F)c2)s1)c1ccc2oc3ccccc3c2c1. The summed E-state index contributed by atoms with van der Waals surface area (Å²) in [6, 6.07) is 16.6. The normalized spacial score (nSPS) is 11.9. The number of alkyl halides is 3. The van der Waals surface area contributed by atoms with Gasteiger partial charge in [-0.2, -0.15) is 13.2 Å². The van der Waals surface area contributed by atoms with Crippen LogP contribution in [-0.2, 0) is 12.6 Å². The number of thiazole rings is 1. The van der Waals surface area contributed by atoms with Gasteiger partial charge in [0, 0.05) is 33.8 Å². The number of anilines is 1. The Balaban J connectivity index is 1.34. The fourth-order valence-corrected chi connectivity index (χ4v) is 4.65. The van der Waals surface area contributed by atoms with Crippen molar-refractivity contribution in [3.8, 4) is 0 Å². The molecule has 0 aliphatic rings. The highest BCUT2D eigenvalue weighted by Gasteiger charge is 2.33. The quantitative estimate of drug-likeness (QED) is 0.285. The van der Waals surface area contributed by atoms with Crippen molar-refractivity contribution in [2.75, 3.05) is 5.32 Å².